The number of benzene rings is 1. The summed E-state index contributed by atoms with van der Waals surface area (Å²) >= 11 is 7.83. The van der Waals surface area contributed by atoms with Crippen molar-refractivity contribution < 1.29 is 26.7 Å². The molecule has 1 saturated carbocycles. The third-order valence-electron chi connectivity index (χ3n) is 7.64. The van der Waals surface area contributed by atoms with E-state index in [1.54, 1.807) is 11.6 Å². The molecule has 41 heavy (non-hydrogen) atoms. The number of thiazole rings is 1. The normalized spacial score (nSPS) is 25.1. The molecule has 0 radical (unpaired) electrons. The van der Waals surface area contributed by atoms with Crippen molar-refractivity contribution in [2.24, 2.45) is 4.99 Å². The molecular formula is C26H26ClF3N6O3S2. The second-order valence-electron chi connectivity index (χ2n) is 10.3. The van der Waals surface area contributed by atoms with Crippen LogP contribution in [0.1, 0.15) is 61.0 Å². The first-order chi connectivity index (χ1) is 19.6. The maximum Gasteiger partial charge on any atom is 0.333 e. The van der Waals surface area contributed by atoms with Gasteiger partial charge in [-0.3, -0.25) is 4.99 Å². The standard InChI is InChI=1S/C26H26ClF3N6O3S2/c27-19-11-14(28)1-6-18(19)23-22(20-7-9-36(33-20)26(29)30)21-12-15(13-35(21)24(32-23)25-31-8-10-40-25)34-41(38,39)17-4-2-16(37)3-5-17/h1,6-11,15-17,23,26,34,37H,2-5,12-13H2/t15-,16-,17-,23-/m0/s1. The molecule has 1 aromatic carbocycles. The van der Waals surface area contributed by atoms with Gasteiger partial charge in [0.15, 0.2) is 10.8 Å². The molecule has 6 rings (SSSR count). The van der Waals surface area contributed by atoms with Gasteiger partial charge in [0, 0.05) is 58.6 Å². The van der Waals surface area contributed by atoms with Crippen LogP contribution in [-0.2, 0) is 10.0 Å². The molecule has 0 spiro atoms. The van der Waals surface area contributed by atoms with Gasteiger partial charge in [-0.25, -0.2) is 27.2 Å². The number of hydrogen-bond donors (Lipinski definition) is 2. The number of rotatable bonds is 7. The number of fused-ring (bicyclic) bond motifs is 1. The Labute approximate surface area is 243 Å². The second kappa shape index (κ2) is 11.1. The molecule has 1 saturated heterocycles. The SMILES string of the molecule is O=S(=O)(N[C@H]1CC2=C(c3ccn(C(F)F)n3)[C@H](c3ccc(F)cc3Cl)N=C(c3nccs3)N2C1)[C@H]1CC[C@H](O)CC1. The molecule has 4 heterocycles. The highest BCUT2D eigenvalue weighted by atomic mass is 35.5. The molecule has 0 amide bonds. The lowest BCUT2D eigenvalue weighted by molar-refractivity contribution is 0.0564. The molecule has 218 valence electrons. The Kier molecular flexibility index (Phi) is 7.70. The summed E-state index contributed by atoms with van der Waals surface area (Å²) in [4.78, 5) is 11.2. The summed E-state index contributed by atoms with van der Waals surface area (Å²) in [6, 6.07) is 3.96. The van der Waals surface area contributed by atoms with Gasteiger partial charge in [-0.15, -0.1) is 11.3 Å². The average Bonchev–Trinajstić information content (AvgIpc) is 3.69. The van der Waals surface area contributed by atoms with Crippen molar-refractivity contribution in [1.82, 2.24) is 24.4 Å². The Hall–Kier alpha value is -2.78. The van der Waals surface area contributed by atoms with E-state index in [2.05, 4.69) is 14.8 Å². The highest BCUT2D eigenvalue weighted by Gasteiger charge is 2.43. The van der Waals surface area contributed by atoms with E-state index in [1.807, 2.05) is 4.90 Å². The van der Waals surface area contributed by atoms with Gasteiger partial charge >= 0.3 is 6.55 Å². The number of aliphatic imine (C=N–C) groups is 1. The summed E-state index contributed by atoms with van der Waals surface area (Å²) in [6.07, 6.45) is 4.09. The van der Waals surface area contributed by atoms with Crippen LogP contribution in [0.5, 0.6) is 0 Å². The number of nitrogens with zero attached hydrogens (tertiary/aromatic N) is 5. The first-order valence-corrected chi connectivity index (χ1v) is 15.9. The molecule has 2 aromatic heterocycles. The van der Waals surface area contributed by atoms with Crippen LogP contribution in [0.25, 0.3) is 5.57 Å². The number of alkyl halides is 2. The van der Waals surface area contributed by atoms with Gasteiger partial charge in [0.25, 0.3) is 0 Å². The van der Waals surface area contributed by atoms with Crippen LogP contribution in [0.4, 0.5) is 13.2 Å². The molecule has 2 fully saturated rings. The Morgan fingerprint density at radius 2 is 1.95 bits per heavy atom. The van der Waals surface area contributed by atoms with Crippen molar-refractivity contribution in [1.29, 1.82) is 0 Å². The molecule has 3 aliphatic rings. The first kappa shape index (κ1) is 28.3. The van der Waals surface area contributed by atoms with Crippen molar-refractivity contribution in [3.05, 3.63) is 74.8 Å². The fourth-order valence-corrected chi connectivity index (χ4v) is 8.34. The van der Waals surface area contributed by atoms with E-state index in [-0.39, 0.29) is 23.7 Å². The number of amidine groups is 1. The molecule has 2 atom stereocenters. The zero-order valence-corrected chi connectivity index (χ0v) is 23.9. The molecule has 0 unspecified atom stereocenters. The minimum absolute atomic E-state index is 0.104. The number of hydrogen-bond acceptors (Lipinski definition) is 8. The van der Waals surface area contributed by atoms with Crippen LogP contribution >= 0.6 is 22.9 Å². The number of sulfonamides is 1. The predicted molar refractivity (Wildman–Crippen MR) is 149 cm³/mol. The monoisotopic (exact) mass is 626 g/mol. The zero-order valence-electron chi connectivity index (χ0n) is 21.5. The maximum absolute atomic E-state index is 14.0. The topological polar surface area (TPSA) is 113 Å². The quantitative estimate of drug-likeness (QED) is 0.392. The van der Waals surface area contributed by atoms with Gasteiger partial charge in [-0.05, 0) is 43.9 Å². The molecule has 2 N–H and O–H groups in total. The Morgan fingerprint density at radius 3 is 2.61 bits per heavy atom. The minimum Gasteiger partial charge on any atom is -0.393 e. The lowest BCUT2D eigenvalue weighted by Crippen LogP contribution is -2.44. The van der Waals surface area contributed by atoms with E-state index in [0.717, 1.165) is 12.3 Å². The molecule has 3 aromatic rings. The van der Waals surface area contributed by atoms with E-state index >= 15 is 0 Å². The summed E-state index contributed by atoms with van der Waals surface area (Å²) in [5.74, 6) is -0.0676. The molecule has 1 aliphatic carbocycles. The number of aliphatic hydroxyl groups excluding tert-OH is 1. The first-order valence-electron chi connectivity index (χ1n) is 13.1. The number of aliphatic hydroxyl groups is 1. The van der Waals surface area contributed by atoms with Crippen LogP contribution < -0.4 is 4.72 Å². The van der Waals surface area contributed by atoms with Crippen LogP contribution in [0.15, 0.2) is 52.7 Å². The highest BCUT2D eigenvalue weighted by molar-refractivity contribution is 7.90. The minimum atomic E-state index is -3.72. The van der Waals surface area contributed by atoms with Gasteiger partial charge in [0.1, 0.15) is 11.9 Å². The van der Waals surface area contributed by atoms with E-state index in [0.29, 0.717) is 58.0 Å². The summed E-state index contributed by atoms with van der Waals surface area (Å²) in [5, 5.41) is 15.8. The van der Waals surface area contributed by atoms with E-state index in [4.69, 9.17) is 16.6 Å². The molecule has 9 nitrogen and oxygen atoms in total. The van der Waals surface area contributed by atoms with Crippen LogP contribution in [0.3, 0.4) is 0 Å². The largest absolute Gasteiger partial charge is 0.393 e. The van der Waals surface area contributed by atoms with Crippen molar-refractivity contribution in [2.75, 3.05) is 6.54 Å². The molecular weight excluding hydrogens is 601 g/mol. The second-order valence-corrected chi connectivity index (χ2v) is 13.6. The van der Waals surface area contributed by atoms with E-state index in [1.165, 1.54) is 29.5 Å². The lowest BCUT2D eigenvalue weighted by Gasteiger charge is -2.32. The van der Waals surface area contributed by atoms with Crippen LogP contribution in [-0.4, -0.2) is 63.0 Å². The van der Waals surface area contributed by atoms with Crippen molar-refractivity contribution >= 4 is 44.4 Å². The van der Waals surface area contributed by atoms with Gasteiger partial charge in [0.05, 0.1) is 17.0 Å². The van der Waals surface area contributed by atoms with Crippen molar-refractivity contribution in [3.8, 4) is 0 Å². The van der Waals surface area contributed by atoms with Gasteiger partial charge < -0.3 is 10.0 Å². The molecule has 0 bridgehead atoms. The fraction of sp³-hybridized carbons (Fsp3) is 0.423. The van der Waals surface area contributed by atoms with Crippen molar-refractivity contribution in [2.45, 2.75) is 62.1 Å². The third-order valence-corrected chi connectivity index (χ3v) is 10.7. The van der Waals surface area contributed by atoms with Crippen LogP contribution in [0.2, 0.25) is 5.02 Å². The fourth-order valence-electron chi connectivity index (χ4n) is 5.72. The summed E-state index contributed by atoms with van der Waals surface area (Å²) in [7, 11) is -3.72. The highest BCUT2D eigenvalue weighted by Crippen LogP contribution is 2.46. The number of halogens is 4. The Balaban J connectivity index is 1.45. The number of nitrogens with one attached hydrogen (secondary N) is 1. The van der Waals surface area contributed by atoms with Crippen LogP contribution in [0, 0.1) is 5.82 Å². The summed E-state index contributed by atoms with van der Waals surface area (Å²) in [5.41, 5.74) is 1.78. The van der Waals surface area contributed by atoms with Gasteiger partial charge in [-0.2, -0.15) is 13.9 Å². The summed E-state index contributed by atoms with van der Waals surface area (Å²) < 4.78 is 71.1. The summed E-state index contributed by atoms with van der Waals surface area (Å²) in [6.45, 7) is -2.64. The zero-order chi connectivity index (χ0) is 28.9. The maximum atomic E-state index is 14.0. The van der Waals surface area contributed by atoms with Gasteiger partial charge in [-0.1, -0.05) is 17.7 Å². The van der Waals surface area contributed by atoms with E-state index in [9.17, 15) is 26.7 Å². The molecule has 2 aliphatic heterocycles. The molecule has 15 heteroatoms. The Morgan fingerprint density at radius 1 is 1.17 bits per heavy atom. The third kappa shape index (κ3) is 5.55. The van der Waals surface area contributed by atoms with Gasteiger partial charge in [0.2, 0.25) is 10.0 Å². The van der Waals surface area contributed by atoms with Crippen molar-refractivity contribution in [3.63, 3.8) is 0 Å². The number of aromatic nitrogens is 3. The predicted octanol–water partition coefficient (Wildman–Crippen LogP) is 4.74. The smallest absolute Gasteiger partial charge is 0.333 e. The van der Waals surface area contributed by atoms with E-state index < -0.39 is 45.8 Å². The average molecular weight is 627 g/mol. The lowest BCUT2D eigenvalue weighted by atomic mass is 9.92. The Bertz CT molecular complexity index is 1600.